The van der Waals surface area contributed by atoms with Crippen LogP contribution in [0.5, 0.6) is 0 Å². The van der Waals surface area contributed by atoms with E-state index in [0.29, 0.717) is 19.0 Å². The number of hydrogen-bond donors (Lipinski definition) is 1. The van der Waals surface area contributed by atoms with Crippen molar-refractivity contribution in [3.05, 3.63) is 53.1 Å². The first-order valence-electron chi connectivity index (χ1n) is 11.4. The molecule has 1 N–H and O–H groups in total. The van der Waals surface area contributed by atoms with E-state index in [0.717, 1.165) is 18.6 Å². The fourth-order valence-corrected chi connectivity index (χ4v) is 8.50. The Morgan fingerprint density at radius 2 is 1.57 bits per heavy atom. The Hall–Kier alpha value is -1.88. The number of benzene rings is 1. The van der Waals surface area contributed by atoms with Gasteiger partial charge in [0.2, 0.25) is 0 Å². The van der Waals surface area contributed by atoms with Crippen LogP contribution in [0, 0.1) is 11.8 Å². The normalized spacial score (nSPS) is 29.8. The van der Waals surface area contributed by atoms with E-state index >= 15 is 0 Å². The minimum atomic E-state index is -6.21. The summed E-state index contributed by atoms with van der Waals surface area (Å²) in [5.41, 5.74) is -5.79. The molecule has 1 aromatic rings. The van der Waals surface area contributed by atoms with Crippen LogP contribution in [0.3, 0.4) is 0 Å². The minimum absolute atomic E-state index is 0.0396. The molecule has 4 unspecified atom stereocenters. The molecule has 0 bridgehead atoms. The molecule has 1 aromatic carbocycles. The molecule has 3 nitrogen and oxygen atoms in total. The summed E-state index contributed by atoms with van der Waals surface area (Å²) >= 11 is 0. The Morgan fingerprint density at radius 3 is 2.11 bits per heavy atom. The number of aryl methyl sites for hydroxylation is 1. The number of halogens is 7. The summed E-state index contributed by atoms with van der Waals surface area (Å²) in [5, 5.41) is 3.16. The number of sulfone groups is 1. The average Bonchev–Trinajstić information content (AvgIpc) is 3.23. The van der Waals surface area contributed by atoms with Crippen molar-refractivity contribution in [1.82, 2.24) is 5.32 Å². The van der Waals surface area contributed by atoms with Crippen LogP contribution in [-0.4, -0.2) is 43.8 Å². The molecule has 4 atom stereocenters. The van der Waals surface area contributed by atoms with Gasteiger partial charge in [-0.05, 0) is 72.9 Å². The van der Waals surface area contributed by atoms with Crippen molar-refractivity contribution in [2.24, 2.45) is 11.8 Å². The fourth-order valence-electron chi connectivity index (χ4n) is 6.11. The van der Waals surface area contributed by atoms with Gasteiger partial charge in [-0.1, -0.05) is 38.1 Å². The smallest absolute Gasteiger partial charge is 0.312 e. The van der Waals surface area contributed by atoms with Gasteiger partial charge in [-0.2, -0.15) is 26.3 Å². The predicted octanol–water partition coefficient (Wildman–Crippen LogP) is 5.87. The molecule has 1 aliphatic heterocycles. The van der Waals surface area contributed by atoms with Crippen molar-refractivity contribution in [2.45, 2.75) is 73.2 Å². The lowest BCUT2D eigenvalue weighted by molar-refractivity contribution is -0.328. The van der Waals surface area contributed by atoms with E-state index in [9.17, 15) is 39.2 Å². The van der Waals surface area contributed by atoms with Crippen LogP contribution in [0.2, 0.25) is 0 Å². The zero-order chi connectivity index (χ0) is 26.0. The van der Waals surface area contributed by atoms with E-state index in [-0.39, 0.29) is 29.7 Å². The van der Waals surface area contributed by atoms with Crippen molar-refractivity contribution in [3.63, 3.8) is 0 Å². The van der Waals surface area contributed by atoms with Gasteiger partial charge >= 0.3 is 18.0 Å². The molecule has 2 aliphatic carbocycles. The summed E-state index contributed by atoms with van der Waals surface area (Å²) in [6.45, 7) is 3.36. The lowest BCUT2D eigenvalue weighted by Gasteiger charge is -2.49. The van der Waals surface area contributed by atoms with Crippen molar-refractivity contribution in [2.75, 3.05) is 6.54 Å². The molecule has 1 heterocycles. The fraction of sp³-hybridized carbons (Fsp3) is 0.583. The second kappa shape index (κ2) is 8.33. The third-order valence-electron chi connectivity index (χ3n) is 7.94. The zero-order valence-corrected chi connectivity index (χ0v) is 19.9. The highest BCUT2D eigenvalue weighted by Crippen LogP contribution is 2.59. The summed E-state index contributed by atoms with van der Waals surface area (Å²) in [4.78, 5) is 0.0396. The highest BCUT2D eigenvalue weighted by Gasteiger charge is 2.75. The quantitative estimate of drug-likeness (QED) is 0.501. The molecular weight excluding hydrogens is 499 g/mol. The van der Waals surface area contributed by atoms with E-state index in [4.69, 9.17) is 0 Å². The molecule has 35 heavy (non-hydrogen) atoms. The van der Waals surface area contributed by atoms with Gasteiger partial charge in [0.15, 0.2) is 9.84 Å². The molecule has 1 saturated carbocycles. The second-order valence-electron chi connectivity index (χ2n) is 9.52. The Balaban J connectivity index is 1.90. The van der Waals surface area contributed by atoms with Crippen LogP contribution in [0.1, 0.15) is 38.7 Å². The van der Waals surface area contributed by atoms with E-state index in [2.05, 4.69) is 5.32 Å². The summed E-state index contributed by atoms with van der Waals surface area (Å²) < 4.78 is 122. The van der Waals surface area contributed by atoms with Crippen LogP contribution in [0.4, 0.5) is 30.7 Å². The molecule has 194 valence electrons. The second-order valence-corrected chi connectivity index (χ2v) is 11.7. The van der Waals surface area contributed by atoms with Crippen LogP contribution in [0.25, 0.3) is 0 Å². The predicted molar refractivity (Wildman–Crippen MR) is 116 cm³/mol. The Kier molecular flexibility index (Phi) is 6.23. The van der Waals surface area contributed by atoms with Crippen LogP contribution < -0.4 is 5.32 Å². The Bertz CT molecular complexity index is 1140. The van der Waals surface area contributed by atoms with Crippen LogP contribution in [-0.2, 0) is 16.3 Å². The lowest BCUT2D eigenvalue weighted by Crippen LogP contribution is -2.59. The molecule has 1 saturated heterocycles. The minimum Gasteiger partial charge on any atom is -0.312 e. The number of nitrogens with one attached hydrogen (secondary N) is 1. The summed E-state index contributed by atoms with van der Waals surface area (Å²) in [7, 11) is -4.09. The molecule has 0 amide bonds. The number of fused-ring (bicyclic) bond motifs is 3. The monoisotopic (exact) mass is 525 g/mol. The molecule has 11 heteroatoms. The van der Waals surface area contributed by atoms with Gasteiger partial charge in [0.05, 0.1) is 4.90 Å². The largest absolute Gasteiger partial charge is 0.435 e. The first-order chi connectivity index (χ1) is 16.1. The Labute approximate surface area is 199 Å². The molecule has 3 aliphatic rings. The van der Waals surface area contributed by atoms with Crippen molar-refractivity contribution < 1.29 is 39.2 Å². The molecule has 0 radical (unpaired) electrons. The topological polar surface area (TPSA) is 46.2 Å². The van der Waals surface area contributed by atoms with Gasteiger partial charge < -0.3 is 5.32 Å². The third kappa shape index (κ3) is 3.59. The summed E-state index contributed by atoms with van der Waals surface area (Å²) in [6, 6.07) is 5.78. The first-order valence-corrected chi connectivity index (χ1v) is 12.9. The molecule has 4 rings (SSSR count). The van der Waals surface area contributed by atoms with Crippen molar-refractivity contribution >= 4 is 9.84 Å². The van der Waals surface area contributed by atoms with Gasteiger partial charge in [0, 0.05) is 6.04 Å². The first kappa shape index (κ1) is 26.2. The van der Waals surface area contributed by atoms with Crippen molar-refractivity contribution in [1.29, 1.82) is 0 Å². The van der Waals surface area contributed by atoms with Gasteiger partial charge in [-0.25, -0.2) is 12.8 Å². The van der Waals surface area contributed by atoms with Gasteiger partial charge in [-0.3, -0.25) is 0 Å². The summed E-state index contributed by atoms with van der Waals surface area (Å²) in [6.07, 6.45) is -9.74. The average molecular weight is 526 g/mol. The SMILES string of the molecule is CCc1ccc(S(=O)(=O)C23CCNC2CCC2C3=CC=C(C(F)(C(F)(F)F)C(F)(F)F)C2C)cc1. The molecule has 0 aromatic heterocycles. The maximum Gasteiger partial charge on any atom is 0.435 e. The van der Waals surface area contributed by atoms with Gasteiger partial charge in [-0.15, -0.1) is 0 Å². The number of rotatable bonds is 4. The highest BCUT2D eigenvalue weighted by molar-refractivity contribution is 7.93. The standard InChI is InChI=1S/C24H26F7NO2S/c1-3-15-4-6-16(7-5-15)35(33,34)21-12-13-32-20(21)11-8-17-14(2)18(9-10-19(17)21)22(25,23(26,27)28)24(29,30)31/h4-7,9-10,14,17,20,32H,3,8,11-13H2,1-2H3. The Morgan fingerprint density at radius 1 is 0.971 bits per heavy atom. The molecule has 2 fully saturated rings. The number of hydrogen-bond acceptors (Lipinski definition) is 3. The van der Waals surface area contributed by atoms with Gasteiger partial charge in [0.1, 0.15) is 4.75 Å². The van der Waals surface area contributed by atoms with Crippen LogP contribution in [0.15, 0.2) is 52.5 Å². The van der Waals surface area contributed by atoms with E-state index in [1.54, 1.807) is 12.1 Å². The van der Waals surface area contributed by atoms with E-state index in [1.165, 1.54) is 12.1 Å². The van der Waals surface area contributed by atoms with E-state index < -0.39 is 56.1 Å². The third-order valence-corrected chi connectivity index (χ3v) is 10.5. The zero-order valence-electron chi connectivity index (χ0n) is 19.1. The van der Waals surface area contributed by atoms with E-state index in [1.807, 2.05) is 6.92 Å². The highest BCUT2D eigenvalue weighted by atomic mass is 32.2. The molecular formula is C24H26F7NO2S. The lowest BCUT2D eigenvalue weighted by atomic mass is 9.63. The number of alkyl halides is 7. The molecule has 0 spiro atoms. The summed E-state index contributed by atoms with van der Waals surface area (Å²) in [5.74, 6) is -2.48. The van der Waals surface area contributed by atoms with Crippen LogP contribution >= 0.6 is 0 Å². The van der Waals surface area contributed by atoms with Crippen molar-refractivity contribution in [3.8, 4) is 0 Å². The van der Waals surface area contributed by atoms with Gasteiger partial charge in [0.25, 0.3) is 0 Å². The maximum absolute atomic E-state index is 15.0. The maximum atomic E-state index is 15.0. The number of allylic oxidation sites excluding steroid dienone is 3.